The highest BCUT2D eigenvalue weighted by Crippen LogP contribution is 2.37. The van der Waals surface area contributed by atoms with Crippen molar-refractivity contribution in [2.24, 2.45) is 0 Å². The number of rotatable bonds is 2. The number of phenols is 1. The number of fused-ring (bicyclic) bond motifs is 12. The van der Waals surface area contributed by atoms with Gasteiger partial charge in [-0.1, -0.05) is 72.8 Å². The van der Waals surface area contributed by atoms with Gasteiger partial charge in [0, 0.05) is 16.2 Å². The van der Waals surface area contributed by atoms with Crippen LogP contribution in [0.2, 0.25) is 0 Å². The van der Waals surface area contributed by atoms with Gasteiger partial charge in [-0.05, 0) is 29.0 Å². The third-order valence-electron chi connectivity index (χ3n) is 6.92. The first-order valence-corrected chi connectivity index (χ1v) is 11.7. The molecule has 170 valence electrons. The quantitative estimate of drug-likeness (QED) is 0.276. The molecule has 0 atom stereocenters. The van der Waals surface area contributed by atoms with Crippen LogP contribution in [0, 0.1) is 0 Å². The average molecular weight is 467 g/mol. The monoisotopic (exact) mass is 466 g/mol. The molecular formula is C30H18N4O2. The molecule has 0 aliphatic rings. The van der Waals surface area contributed by atoms with Gasteiger partial charge in [-0.25, -0.2) is 0 Å². The van der Waals surface area contributed by atoms with Crippen molar-refractivity contribution in [1.29, 1.82) is 0 Å². The summed E-state index contributed by atoms with van der Waals surface area (Å²) in [5, 5.41) is 16.8. The molecule has 8 aromatic rings. The smallest absolute Gasteiger partial charge is 0.240 e. The Balaban J connectivity index is 1.37. The Bertz CT molecular complexity index is 2080. The number of hydrogen-bond donors (Lipinski definition) is 1. The zero-order valence-electron chi connectivity index (χ0n) is 19.0. The van der Waals surface area contributed by atoms with E-state index < -0.39 is 0 Å². The van der Waals surface area contributed by atoms with Crippen LogP contribution in [-0.4, -0.2) is 23.9 Å². The molecule has 0 saturated heterocycles. The third kappa shape index (κ3) is 2.55. The fourth-order valence-corrected chi connectivity index (χ4v) is 5.39. The second-order valence-corrected chi connectivity index (χ2v) is 8.93. The Kier molecular flexibility index (Phi) is 3.72. The maximum atomic E-state index is 10.7. The maximum absolute atomic E-state index is 10.7. The van der Waals surface area contributed by atoms with Gasteiger partial charge in [0.1, 0.15) is 11.4 Å². The van der Waals surface area contributed by atoms with Crippen LogP contribution in [0.15, 0.2) is 103 Å². The fraction of sp³-hybridized carbons (Fsp3) is 0. The van der Waals surface area contributed by atoms with Gasteiger partial charge in [0.25, 0.3) is 0 Å². The van der Waals surface area contributed by atoms with Crippen LogP contribution in [0.1, 0.15) is 0 Å². The SMILES string of the molecule is Oc1cccc2c3ccccc3n3cc(Oc4cn5c6ccccc6c6ccccc6c5n4)nc3c12. The van der Waals surface area contributed by atoms with Crippen molar-refractivity contribution in [3.05, 3.63) is 103 Å². The highest BCUT2D eigenvalue weighted by atomic mass is 16.5. The van der Waals surface area contributed by atoms with E-state index in [4.69, 9.17) is 14.7 Å². The standard InChI is InChI=1S/C30H18N4O2/c35-25-15-7-12-21-20-10-4-6-14-24(20)34-17-27(32-30(34)28(21)25)36-26-16-33-23-13-5-3-9-19(23)18-8-1-2-11-22(18)29(33)31-26/h1-17,35H. The molecule has 4 heterocycles. The number of ether oxygens (including phenoxy) is 1. The lowest BCUT2D eigenvalue weighted by Crippen LogP contribution is -1.90. The van der Waals surface area contributed by atoms with Crippen molar-refractivity contribution in [2.45, 2.75) is 0 Å². The van der Waals surface area contributed by atoms with E-state index in [2.05, 4.69) is 40.8 Å². The molecule has 4 aromatic carbocycles. The minimum atomic E-state index is 0.186. The number of nitrogens with zero attached hydrogens (tertiary/aromatic N) is 4. The molecule has 0 saturated carbocycles. The normalized spacial score (nSPS) is 12.0. The van der Waals surface area contributed by atoms with E-state index in [9.17, 15) is 5.11 Å². The summed E-state index contributed by atoms with van der Waals surface area (Å²) in [5.74, 6) is 1.05. The number of imidazole rings is 2. The van der Waals surface area contributed by atoms with Crippen LogP contribution in [-0.2, 0) is 0 Å². The first-order chi connectivity index (χ1) is 17.8. The summed E-state index contributed by atoms with van der Waals surface area (Å²) in [6.45, 7) is 0. The van der Waals surface area contributed by atoms with Gasteiger partial charge in [0.2, 0.25) is 11.8 Å². The van der Waals surface area contributed by atoms with Crippen LogP contribution in [0.3, 0.4) is 0 Å². The molecule has 0 fully saturated rings. The highest BCUT2D eigenvalue weighted by Gasteiger charge is 2.17. The van der Waals surface area contributed by atoms with E-state index in [1.54, 1.807) is 6.07 Å². The molecule has 0 spiro atoms. The minimum Gasteiger partial charge on any atom is -0.507 e. The number of benzene rings is 4. The summed E-state index contributed by atoms with van der Waals surface area (Å²) in [6, 6.07) is 30.2. The fourth-order valence-electron chi connectivity index (χ4n) is 5.39. The molecule has 0 aliphatic carbocycles. The zero-order chi connectivity index (χ0) is 23.8. The predicted octanol–water partition coefficient (Wildman–Crippen LogP) is 7.09. The van der Waals surface area contributed by atoms with Crippen molar-refractivity contribution in [2.75, 3.05) is 0 Å². The topological polar surface area (TPSA) is 64.1 Å². The van der Waals surface area contributed by atoms with Gasteiger partial charge in [0.05, 0.1) is 28.8 Å². The summed E-state index contributed by atoms with van der Waals surface area (Å²) >= 11 is 0. The second kappa shape index (κ2) is 6.96. The number of hydrogen-bond acceptors (Lipinski definition) is 4. The molecular weight excluding hydrogens is 448 g/mol. The van der Waals surface area contributed by atoms with Crippen molar-refractivity contribution >= 4 is 54.6 Å². The summed E-state index contributed by atoms with van der Waals surface area (Å²) in [6.07, 6.45) is 3.76. The molecule has 6 heteroatoms. The molecule has 0 unspecified atom stereocenters. The lowest BCUT2D eigenvalue weighted by atomic mass is 10.1. The maximum Gasteiger partial charge on any atom is 0.240 e. The molecule has 4 aromatic heterocycles. The average Bonchev–Trinajstić information content (AvgIpc) is 3.54. The van der Waals surface area contributed by atoms with Crippen LogP contribution >= 0.6 is 0 Å². The highest BCUT2D eigenvalue weighted by molar-refractivity contribution is 6.14. The molecule has 6 nitrogen and oxygen atoms in total. The Morgan fingerprint density at radius 2 is 1.06 bits per heavy atom. The molecule has 0 amide bonds. The van der Waals surface area contributed by atoms with E-state index >= 15 is 0 Å². The van der Waals surface area contributed by atoms with E-state index in [1.807, 2.05) is 65.3 Å². The van der Waals surface area contributed by atoms with Crippen LogP contribution in [0.4, 0.5) is 0 Å². The minimum absolute atomic E-state index is 0.186. The first-order valence-electron chi connectivity index (χ1n) is 11.7. The van der Waals surface area contributed by atoms with Crippen molar-refractivity contribution in [3.63, 3.8) is 0 Å². The number of phenolic OH excluding ortho intramolecular Hbond substituents is 1. The lowest BCUT2D eigenvalue weighted by Gasteiger charge is -2.08. The molecule has 0 bridgehead atoms. The first kappa shape index (κ1) is 19.2. The summed E-state index contributed by atoms with van der Waals surface area (Å²) in [7, 11) is 0. The number of para-hydroxylation sites is 2. The Labute approximate surface area is 204 Å². The number of pyridine rings is 2. The Hall–Kier alpha value is -5.10. The van der Waals surface area contributed by atoms with Gasteiger partial charge < -0.3 is 9.84 Å². The van der Waals surface area contributed by atoms with Crippen LogP contribution in [0.5, 0.6) is 17.5 Å². The van der Waals surface area contributed by atoms with E-state index in [0.717, 1.165) is 43.6 Å². The molecule has 0 aliphatic heterocycles. The van der Waals surface area contributed by atoms with Crippen LogP contribution in [0.25, 0.3) is 54.6 Å². The summed E-state index contributed by atoms with van der Waals surface area (Å²) in [4.78, 5) is 9.61. The van der Waals surface area contributed by atoms with E-state index in [1.165, 1.54) is 0 Å². The van der Waals surface area contributed by atoms with Gasteiger partial charge >= 0.3 is 0 Å². The van der Waals surface area contributed by atoms with Gasteiger partial charge in [-0.15, -0.1) is 0 Å². The van der Waals surface area contributed by atoms with Crippen LogP contribution < -0.4 is 4.74 Å². The van der Waals surface area contributed by atoms with Crippen molar-refractivity contribution in [3.8, 4) is 17.5 Å². The van der Waals surface area contributed by atoms with Gasteiger partial charge in [0.15, 0.2) is 5.65 Å². The number of aromatic hydroxyl groups is 1. The Morgan fingerprint density at radius 1 is 0.528 bits per heavy atom. The van der Waals surface area contributed by atoms with E-state index in [-0.39, 0.29) is 5.75 Å². The predicted molar refractivity (Wildman–Crippen MR) is 142 cm³/mol. The molecule has 1 N–H and O–H groups in total. The third-order valence-corrected chi connectivity index (χ3v) is 6.92. The second-order valence-electron chi connectivity index (χ2n) is 8.93. The lowest BCUT2D eigenvalue weighted by molar-refractivity contribution is 0.451. The zero-order valence-corrected chi connectivity index (χ0v) is 19.0. The van der Waals surface area contributed by atoms with Crippen molar-refractivity contribution in [1.82, 2.24) is 18.8 Å². The molecule has 8 rings (SSSR count). The van der Waals surface area contributed by atoms with Gasteiger partial charge in [-0.2, -0.15) is 9.97 Å². The van der Waals surface area contributed by atoms with E-state index in [0.29, 0.717) is 22.8 Å². The number of aromatic nitrogens is 4. The summed E-state index contributed by atoms with van der Waals surface area (Å²) in [5.41, 5.74) is 3.51. The Morgan fingerprint density at radius 3 is 1.78 bits per heavy atom. The van der Waals surface area contributed by atoms with Gasteiger partial charge in [-0.3, -0.25) is 8.80 Å². The largest absolute Gasteiger partial charge is 0.507 e. The van der Waals surface area contributed by atoms with Crippen molar-refractivity contribution < 1.29 is 9.84 Å². The summed E-state index contributed by atoms with van der Waals surface area (Å²) < 4.78 is 10.3. The molecule has 36 heavy (non-hydrogen) atoms. The molecule has 0 radical (unpaired) electrons.